The van der Waals surface area contributed by atoms with Crippen LogP contribution in [0.25, 0.3) is 0 Å². The van der Waals surface area contributed by atoms with Crippen LogP contribution in [0.5, 0.6) is 5.75 Å². The second-order valence-corrected chi connectivity index (χ2v) is 5.97. The van der Waals surface area contributed by atoms with Crippen molar-refractivity contribution >= 4 is 11.4 Å². The minimum Gasteiger partial charge on any atom is -0.491 e. The fraction of sp³-hybridized carbons (Fsp3) is 0.625. The number of nitrogens with one attached hydrogen (secondary N) is 1. The van der Waals surface area contributed by atoms with Gasteiger partial charge in [0.1, 0.15) is 5.75 Å². The van der Waals surface area contributed by atoms with E-state index in [2.05, 4.69) is 5.32 Å². The summed E-state index contributed by atoms with van der Waals surface area (Å²) < 4.78 is 5.69. The molecule has 0 bridgehead atoms. The summed E-state index contributed by atoms with van der Waals surface area (Å²) >= 11 is 0. The average Bonchev–Trinajstić information content (AvgIpc) is 2.82. The quantitative estimate of drug-likeness (QED) is 0.700. The van der Waals surface area contributed by atoms with Crippen LogP contribution in [-0.2, 0) is 0 Å². The summed E-state index contributed by atoms with van der Waals surface area (Å²) in [6.07, 6.45) is 3.69. The van der Waals surface area contributed by atoms with Gasteiger partial charge >= 0.3 is 0 Å². The summed E-state index contributed by atoms with van der Waals surface area (Å²) in [7, 11) is 0. The van der Waals surface area contributed by atoms with Gasteiger partial charge in [0.25, 0.3) is 0 Å². The van der Waals surface area contributed by atoms with Crippen LogP contribution in [0.3, 0.4) is 0 Å². The molecule has 0 heterocycles. The van der Waals surface area contributed by atoms with Crippen molar-refractivity contribution < 1.29 is 9.84 Å². The lowest BCUT2D eigenvalue weighted by Crippen LogP contribution is -2.20. The lowest BCUT2D eigenvalue weighted by Gasteiger charge is -2.19. The van der Waals surface area contributed by atoms with Crippen LogP contribution in [0.4, 0.5) is 11.4 Å². The van der Waals surface area contributed by atoms with E-state index in [1.807, 2.05) is 32.0 Å². The molecule has 1 aliphatic carbocycles. The van der Waals surface area contributed by atoms with Gasteiger partial charge in [-0.2, -0.15) is 0 Å². The molecule has 4 nitrogen and oxygen atoms in total. The van der Waals surface area contributed by atoms with E-state index in [1.54, 1.807) is 0 Å². The standard InChI is InChI=1S/C16H26N2O2/c1-11(2)20-16-7-14(17)6-15(8-16)18-9-12-4-3-5-13(12)10-19/h6-8,11-13,18-19H,3-5,9-10,17H2,1-2H3. The second kappa shape index (κ2) is 6.84. The molecule has 0 amide bonds. The number of aliphatic hydroxyl groups excluding tert-OH is 1. The van der Waals surface area contributed by atoms with Gasteiger partial charge in [0.05, 0.1) is 6.10 Å². The van der Waals surface area contributed by atoms with Crippen LogP contribution in [0.2, 0.25) is 0 Å². The number of rotatable bonds is 6. The van der Waals surface area contributed by atoms with Crippen LogP contribution in [0, 0.1) is 11.8 Å². The molecule has 1 saturated carbocycles. The number of ether oxygens (including phenoxy) is 1. The Morgan fingerprint density at radius 2 is 2.05 bits per heavy atom. The zero-order valence-corrected chi connectivity index (χ0v) is 12.4. The number of hydrogen-bond acceptors (Lipinski definition) is 4. The van der Waals surface area contributed by atoms with Crippen molar-refractivity contribution in [2.75, 3.05) is 24.2 Å². The smallest absolute Gasteiger partial charge is 0.123 e. The first-order valence-electron chi connectivity index (χ1n) is 7.50. The van der Waals surface area contributed by atoms with Gasteiger partial charge in [-0.1, -0.05) is 6.42 Å². The second-order valence-electron chi connectivity index (χ2n) is 5.97. The normalized spacial score (nSPS) is 22.2. The number of benzene rings is 1. The Kier molecular flexibility index (Phi) is 5.12. The molecular formula is C16H26N2O2. The fourth-order valence-electron chi connectivity index (χ4n) is 2.94. The maximum Gasteiger partial charge on any atom is 0.123 e. The first-order chi connectivity index (χ1) is 9.58. The molecule has 4 N–H and O–H groups in total. The van der Waals surface area contributed by atoms with Gasteiger partial charge in [-0.25, -0.2) is 0 Å². The minimum atomic E-state index is 0.137. The molecule has 0 saturated heterocycles. The Labute approximate surface area is 121 Å². The topological polar surface area (TPSA) is 67.5 Å². The van der Waals surface area contributed by atoms with Gasteiger partial charge in [-0.05, 0) is 44.6 Å². The molecule has 2 atom stereocenters. The van der Waals surface area contributed by atoms with E-state index in [9.17, 15) is 5.11 Å². The van der Waals surface area contributed by atoms with Crippen molar-refractivity contribution in [1.29, 1.82) is 0 Å². The Hall–Kier alpha value is -1.42. The van der Waals surface area contributed by atoms with Gasteiger partial charge < -0.3 is 20.9 Å². The predicted octanol–water partition coefficient (Wildman–Crippen LogP) is 2.88. The molecule has 0 aromatic heterocycles. The van der Waals surface area contributed by atoms with E-state index in [0.29, 0.717) is 24.1 Å². The van der Waals surface area contributed by atoms with Gasteiger partial charge in [0.2, 0.25) is 0 Å². The van der Waals surface area contributed by atoms with Crippen LogP contribution in [-0.4, -0.2) is 24.4 Å². The van der Waals surface area contributed by atoms with Crippen LogP contribution >= 0.6 is 0 Å². The minimum absolute atomic E-state index is 0.137. The maximum atomic E-state index is 9.35. The highest BCUT2D eigenvalue weighted by molar-refractivity contribution is 5.59. The summed E-state index contributed by atoms with van der Waals surface area (Å²) in [6.45, 7) is 5.18. The maximum absolute atomic E-state index is 9.35. The highest BCUT2D eigenvalue weighted by Gasteiger charge is 2.26. The summed E-state index contributed by atoms with van der Waals surface area (Å²) in [6, 6.07) is 5.76. The third-order valence-corrected chi connectivity index (χ3v) is 3.92. The number of nitrogen functional groups attached to an aromatic ring is 1. The predicted molar refractivity (Wildman–Crippen MR) is 83.0 cm³/mol. The molecule has 1 aliphatic rings. The molecular weight excluding hydrogens is 252 g/mol. The van der Waals surface area contributed by atoms with E-state index in [0.717, 1.165) is 24.4 Å². The summed E-state index contributed by atoms with van der Waals surface area (Å²) in [4.78, 5) is 0. The van der Waals surface area contributed by atoms with E-state index in [4.69, 9.17) is 10.5 Å². The third kappa shape index (κ3) is 4.04. The summed E-state index contributed by atoms with van der Waals surface area (Å²) in [5, 5.41) is 12.8. The van der Waals surface area contributed by atoms with E-state index >= 15 is 0 Å². The Morgan fingerprint density at radius 3 is 2.75 bits per heavy atom. The number of hydrogen-bond donors (Lipinski definition) is 3. The Bertz CT molecular complexity index is 434. The van der Waals surface area contributed by atoms with E-state index in [-0.39, 0.29) is 6.10 Å². The van der Waals surface area contributed by atoms with Gasteiger partial charge in [0.15, 0.2) is 0 Å². The zero-order chi connectivity index (χ0) is 14.5. The number of aliphatic hydroxyl groups is 1. The van der Waals surface area contributed by atoms with Crippen molar-refractivity contribution in [2.45, 2.75) is 39.2 Å². The molecule has 1 aromatic carbocycles. The van der Waals surface area contributed by atoms with Crippen molar-refractivity contribution in [3.8, 4) is 5.75 Å². The van der Waals surface area contributed by atoms with Crippen LogP contribution in [0.15, 0.2) is 18.2 Å². The molecule has 2 unspecified atom stereocenters. The van der Waals surface area contributed by atoms with Crippen LogP contribution in [0.1, 0.15) is 33.1 Å². The first-order valence-corrected chi connectivity index (χ1v) is 7.50. The van der Waals surface area contributed by atoms with Crippen LogP contribution < -0.4 is 15.8 Å². The molecule has 1 fully saturated rings. The SMILES string of the molecule is CC(C)Oc1cc(N)cc(NCC2CCCC2CO)c1. The molecule has 0 radical (unpaired) electrons. The molecule has 1 aromatic rings. The fourth-order valence-corrected chi connectivity index (χ4v) is 2.94. The highest BCUT2D eigenvalue weighted by atomic mass is 16.5. The van der Waals surface area contributed by atoms with Gasteiger partial charge in [0, 0.05) is 36.7 Å². The monoisotopic (exact) mass is 278 g/mol. The van der Waals surface area contributed by atoms with Crippen molar-refractivity contribution in [3.63, 3.8) is 0 Å². The molecule has 2 rings (SSSR count). The zero-order valence-electron chi connectivity index (χ0n) is 12.4. The lowest BCUT2D eigenvalue weighted by molar-refractivity contribution is 0.199. The van der Waals surface area contributed by atoms with Gasteiger partial charge in [-0.15, -0.1) is 0 Å². The van der Waals surface area contributed by atoms with Crippen molar-refractivity contribution in [2.24, 2.45) is 11.8 Å². The van der Waals surface area contributed by atoms with Gasteiger partial charge in [-0.3, -0.25) is 0 Å². The number of anilines is 2. The van der Waals surface area contributed by atoms with Crippen molar-refractivity contribution in [1.82, 2.24) is 0 Å². The third-order valence-electron chi connectivity index (χ3n) is 3.92. The summed E-state index contributed by atoms with van der Waals surface area (Å²) in [5.41, 5.74) is 7.61. The molecule has 20 heavy (non-hydrogen) atoms. The molecule has 0 aliphatic heterocycles. The highest BCUT2D eigenvalue weighted by Crippen LogP contribution is 2.32. The Balaban J connectivity index is 1.96. The lowest BCUT2D eigenvalue weighted by atomic mass is 9.97. The summed E-state index contributed by atoms with van der Waals surface area (Å²) in [5.74, 6) is 1.79. The van der Waals surface area contributed by atoms with Crippen molar-refractivity contribution in [3.05, 3.63) is 18.2 Å². The van der Waals surface area contributed by atoms with E-state index < -0.39 is 0 Å². The molecule has 4 heteroatoms. The Morgan fingerprint density at radius 1 is 1.30 bits per heavy atom. The average molecular weight is 278 g/mol. The number of nitrogens with two attached hydrogens (primary N) is 1. The molecule has 112 valence electrons. The molecule has 0 spiro atoms. The first kappa shape index (κ1) is 15.0. The van der Waals surface area contributed by atoms with E-state index in [1.165, 1.54) is 12.8 Å². The largest absolute Gasteiger partial charge is 0.491 e.